The molecule has 0 aromatic heterocycles. The molecule has 52 heavy (non-hydrogen) atoms. The van der Waals surface area contributed by atoms with Gasteiger partial charge in [-0.3, -0.25) is 19.2 Å². The maximum Gasteiger partial charge on any atom is 0.259 e. The van der Waals surface area contributed by atoms with E-state index in [1.807, 2.05) is 67.5 Å². The summed E-state index contributed by atoms with van der Waals surface area (Å²) in [5.74, 6) is -0.779. The van der Waals surface area contributed by atoms with Crippen LogP contribution in [0.3, 0.4) is 0 Å². The highest BCUT2D eigenvalue weighted by atomic mass is 16.7. The van der Waals surface area contributed by atoms with E-state index in [0.29, 0.717) is 22.1 Å². The van der Waals surface area contributed by atoms with Crippen molar-refractivity contribution in [1.82, 2.24) is 10.6 Å². The molecule has 2 aliphatic rings. The zero-order valence-corrected chi connectivity index (χ0v) is 30.6. The molecule has 0 bridgehead atoms. The number of hydrogen-bond donors (Lipinski definition) is 4. The Morgan fingerprint density at radius 3 is 1.12 bits per heavy atom. The Hall–Kier alpha value is -5.78. The molecular weight excluding hydrogens is 664 g/mol. The lowest BCUT2D eigenvalue weighted by atomic mass is 9.88. The fourth-order valence-corrected chi connectivity index (χ4v) is 5.60. The van der Waals surface area contributed by atoms with Gasteiger partial charge in [-0.25, -0.2) is 0 Å². The van der Waals surface area contributed by atoms with Gasteiger partial charge in [-0.2, -0.15) is 0 Å². The summed E-state index contributed by atoms with van der Waals surface area (Å²) in [5, 5.41) is 13.2. The van der Waals surface area contributed by atoms with Gasteiger partial charge < -0.3 is 40.2 Å². The van der Waals surface area contributed by atoms with Gasteiger partial charge in [0.05, 0.1) is 22.3 Å². The average molecular weight is 709 g/mol. The van der Waals surface area contributed by atoms with Crippen molar-refractivity contribution in [3.05, 3.63) is 82.9 Å². The molecule has 4 aromatic rings. The highest BCUT2D eigenvalue weighted by Crippen LogP contribution is 2.41. The van der Waals surface area contributed by atoms with E-state index in [-0.39, 0.29) is 93.6 Å². The number of hydrogen-bond acceptors (Lipinski definition) is 8. The molecule has 0 spiro atoms. The summed E-state index contributed by atoms with van der Waals surface area (Å²) in [6.07, 6.45) is 0. The molecule has 0 fully saturated rings. The Kier molecular flexibility index (Phi) is 9.52. The highest BCUT2D eigenvalue weighted by molar-refractivity contribution is 6.16. The highest BCUT2D eigenvalue weighted by Gasteiger charge is 2.32. The molecule has 0 radical (unpaired) electrons. The normalized spacial score (nSPS) is 14.4. The lowest BCUT2D eigenvalue weighted by Crippen LogP contribution is -2.41. The van der Waals surface area contributed by atoms with Crippen LogP contribution in [-0.2, 0) is 0 Å². The molecule has 4 N–H and O–H groups in total. The molecule has 6 rings (SSSR count). The van der Waals surface area contributed by atoms with Gasteiger partial charge in [-0.05, 0) is 61.1 Å². The maximum atomic E-state index is 13.7. The Morgan fingerprint density at radius 2 is 0.808 bits per heavy atom. The number of ether oxygens (including phenoxy) is 4. The van der Waals surface area contributed by atoms with Crippen LogP contribution in [0.1, 0.15) is 96.8 Å². The summed E-state index contributed by atoms with van der Waals surface area (Å²) < 4.78 is 22.7. The Morgan fingerprint density at radius 1 is 0.500 bits per heavy atom. The topological polar surface area (TPSA) is 153 Å². The SMILES string of the molecule is C[C@H](NC(=O)c1ccc(C(=O)Nc2cccc3c(NC(=O)c4ccc(C(=O)N[C@@H](C)C(C)(C)C)c5c4OCO5)cccc23)c2c1OCO2)C(C)(C)C. The summed E-state index contributed by atoms with van der Waals surface area (Å²) in [7, 11) is 0. The fourth-order valence-electron chi connectivity index (χ4n) is 5.60. The van der Waals surface area contributed by atoms with E-state index in [9.17, 15) is 19.2 Å². The monoisotopic (exact) mass is 708 g/mol. The van der Waals surface area contributed by atoms with Crippen molar-refractivity contribution in [2.75, 3.05) is 24.2 Å². The summed E-state index contributed by atoms with van der Waals surface area (Å²) in [6.45, 7) is 15.8. The minimum atomic E-state index is -0.465. The first kappa shape index (κ1) is 36.0. The van der Waals surface area contributed by atoms with Gasteiger partial charge >= 0.3 is 0 Å². The second-order valence-corrected chi connectivity index (χ2v) is 15.2. The first-order valence-corrected chi connectivity index (χ1v) is 17.2. The molecule has 12 nitrogen and oxygen atoms in total. The Bertz CT molecular complexity index is 1950. The largest absolute Gasteiger partial charge is 0.453 e. The first-order chi connectivity index (χ1) is 24.5. The molecule has 0 saturated heterocycles. The number of benzene rings is 4. The van der Waals surface area contributed by atoms with Crippen LogP contribution in [0.2, 0.25) is 0 Å². The van der Waals surface area contributed by atoms with Crippen molar-refractivity contribution >= 4 is 45.8 Å². The van der Waals surface area contributed by atoms with Crippen LogP contribution in [0.5, 0.6) is 23.0 Å². The predicted octanol–water partition coefficient (Wildman–Crippen LogP) is 7.13. The van der Waals surface area contributed by atoms with Crippen molar-refractivity contribution in [2.24, 2.45) is 10.8 Å². The van der Waals surface area contributed by atoms with E-state index in [2.05, 4.69) is 21.3 Å². The summed E-state index contributed by atoms with van der Waals surface area (Å²) >= 11 is 0. The molecule has 2 atom stereocenters. The number of amides is 4. The molecule has 4 aromatic carbocycles. The molecule has 0 aliphatic carbocycles. The van der Waals surface area contributed by atoms with E-state index in [1.165, 1.54) is 0 Å². The van der Waals surface area contributed by atoms with Gasteiger partial charge in [0, 0.05) is 34.2 Å². The summed E-state index contributed by atoms with van der Waals surface area (Å²) in [5.41, 5.74) is 1.63. The van der Waals surface area contributed by atoms with Crippen LogP contribution < -0.4 is 40.2 Å². The number of nitrogens with one attached hydrogen (secondary N) is 4. The second kappa shape index (κ2) is 13.7. The number of anilines is 2. The molecule has 2 aliphatic heterocycles. The van der Waals surface area contributed by atoms with E-state index in [0.717, 1.165) is 0 Å². The standard InChI is InChI=1S/C40H44N4O8/c1-21(39(3,4)5)41-35(45)25-15-17-27(33-31(25)49-19-51-33)37(47)43-29-13-9-12-24-23(29)11-10-14-30(24)44-38(48)28-18-16-26(32-34(28)52-20-50-32)36(46)42-22(2)40(6,7)8/h9-18,21-22H,19-20H2,1-8H3,(H,41,45)(H,42,46)(H,43,47)(H,44,48)/t21-,22-/m0/s1. The zero-order valence-electron chi connectivity index (χ0n) is 30.6. The van der Waals surface area contributed by atoms with Crippen molar-refractivity contribution in [2.45, 2.75) is 67.5 Å². The van der Waals surface area contributed by atoms with Gasteiger partial charge in [0.25, 0.3) is 23.6 Å². The van der Waals surface area contributed by atoms with Gasteiger partial charge in [0.1, 0.15) is 0 Å². The lowest BCUT2D eigenvalue weighted by Gasteiger charge is -2.28. The summed E-state index contributed by atoms with van der Waals surface area (Å²) in [6, 6.07) is 16.7. The van der Waals surface area contributed by atoms with E-state index >= 15 is 0 Å². The molecule has 12 heteroatoms. The van der Waals surface area contributed by atoms with Crippen LogP contribution in [-0.4, -0.2) is 49.3 Å². The predicted molar refractivity (Wildman–Crippen MR) is 198 cm³/mol. The Labute approximate surface area is 302 Å². The van der Waals surface area contributed by atoms with Gasteiger partial charge in [-0.15, -0.1) is 0 Å². The lowest BCUT2D eigenvalue weighted by molar-refractivity contribution is 0.0897. The number of carbonyl (C=O) groups is 4. The quantitative estimate of drug-likeness (QED) is 0.151. The smallest absolute Gasteiger partial charge is 0.259 e. The minimum Gasteiger partial charge on any atom is -0.453 e. The minimum absolute atomic E-state index is 0.119. The van der Waals surface area contributed by atoms with E-state index in [1.54, 1.807) is 48.5 Å². The van der Waals surface area contributed by atoms with Crippen molar-refractivity contribution in [1.29, 1.82) is 0 Å². The van der Waals surface area contributed by atoms with Crippen LogP contribution >= 0.6 is 0 Å². The third-order valence-corrected chi connectivity index (χ3v) is 9.73. The zero-order chi connectivity index (χ0) is 37.5. The Balaban J connectivity index is 1.22. The van der Waals surface area contributed by atoms with Crippen molar-refractivity contribution in [3.8, 4) is 23.0 Å². The molecule has 0 saturated carbocycles. The maximum absolute atomic E-state index is 13.7. The van der Waals surface area contributed by atoms with Crippen molar-refractivity contribution in [3.63, 3.8) is 0 Å². The molecule has 2 heterocycles. The van der Waals surface area contributed by atoms with Gasteiger partial charge in [0.15, 0.2) is 23.0 Å². The number of fused-ring (bicyclic) bond motifs is 3. The van der Waals surface area contributed by atoms with E-state index < -0.39 is 11.8 Å². The second-order valence-electron chi connectivity index (χ2n) is 15.2. The van der Waals surface area contributed by atoms with E-state index in [4.69, 9.17) is 18.9 Å². The van der Waals surface area contributed by atoms with Gasteiger partial charge in [-0.1, -0.05) is 65.8 Å². The number of rotatable bonds is 8. The molecule has 0 unspecified atom stereocenters. The third kappa shape index (κ3) is 7.05. The van der Waals surface area contributed by atoms with Crippen LogP contribution in [0.15, 0.2) is 60.7 Å². The van der Waals surface area contributed by atoms with Crippen LogP contribution in [0.4, 0.5) is 11.4 Å². The first-order valence-electron chi connectivity index (χ1n) is 17.2. The van der Waals surface area contributed by atoms with Crippen LogP contribution in [0, 0.1) is 10.8 Å². The van der Waals surface area contributed by atoms with Gasteiger partial charge in [0.2, 0.25) is 13.6 Å². The molecule has 4 amide bonds. The van der Waals surface area contributed by atoms with Crippen LogP contribution in [0.25, 0.3) is 10.8 Å². The average Bonchev–Trinajstić information content (AvgIpc) is 3.78. The number of carbonyl (C=O) groups excluding carboxylic acids is 4. The molecule has 272 valence electrons. The fraction of sp³-hybridized carbons (Fsp3) is 0.350. The third-order valence-electron chi connectivity index (χ3n) is 9.73. The summed E-state index contributed by atoms with van der Waals surface area (Å²) in [4.78, 5) is 53.6. The van der Waals surface area contributed by atoms with Crippen molar-refractivity contribution < 1.29 is 38.1 Å². The molecular formula is C40H44N4O8.